The number of anilines is 5. The summed E-state index contributed by atoms with van der Waals surface area (Å²) in [6, 6.07) is 7.06. The van der Waals surface area contributed by atoms with Crippen LogP contribution in [0.15, 0.2) is 24.3 Å². The monoisotopic (exact) mass is 250 g/mol. The highest BCUT2D eigenvalue weighted by Crippen LogP contribution is 2.26. The van der Waals surface area contributed by atoms with Gasteiger partial charge >= 0.3 is 0 Å². The second-order valence-electron chi connectivity index (χ2n) is 3.36. The number of hydrogen-bond donors (Lipinski definition) is 4. The van der Waals surface area contributed by atoms with Gasteiger partial charge in [-0.2, -0.15) is 9.97 Å². The molecule has 17 heavy (non-hydrogen) atoms. The number of nitrogens with one attached hydrogen (secondary N) is 1. The normalized spacial score (nSPS) is 10.2. The maximum atomic E-state index is 5.78. The first-order chi connectivity index (χ1) is 8.06. The summed E-state index contributed by atoms with van der Waals surface area (Å²) < 4.78 is 0. The van der Waals surface area contributed by atoms with Crippen LogP contribution in [-0.4, -0.2) is 9.97 Å². The number of nitrogen functional groups attached to an aromatic ring is 3. The summed E-state index contributed by atoms with van der Waals surface area (Å²) in [6.45, 7) is 0. The summed E-state index contributed by atoms with van der Waals surface area (Å²) in [7, 11) is 0. The topological polar surface area (TPSA) is 116 Å². The smallest absolute Gasteiger partial charge is 0.224 e. The predicted octanol–water partition coefficient (Wildman–Crippen LogP) is 1.62. The SMILES string of the molecule is Nc1nc(N)c(N)c(Nc2ccc(Cl)cc2)n1. The van der Waals surface area contributed by atoms with E-state index in [1.807, 2.05) is 0 Å². The van der Waals surface area contributed by atoms with Crippen LogP contribution in [0.4, 0.5) is 29.0 Å². The molecule has 0 saturated carbocycles. The lowest BCUT2D eigenvalue weighted by atomic mass is 10.3. The third-order valence-electron chi connectivity index (χ3n) is 2.10. The Bertz CT molecular complexity index is 539. The second kappa shape index (κ2) is 4.34. The van der Waals surface area contributed by atoms with Gasteiger partial charge in [0.1, 0.15) is 5.69 Å². The Morgan fingerprint density at radius 1 is 1.00 bits per heavy atom. The number of halogens is 1. The number of aromatic nitrogens is 2. The van der Waals surface area contributed by atoms with Crippen molar-refractivity contribution >= 4 is 40.6 Å². The van der Waals surface area contributed by atoms with Crippen LogP contribution >= 0.6 is 11.6 Å². The number of nitrogens with zero attached hydrogens (tertiary/aromatic N) is 2. The van der Waals surface area contributed by atoms with E-state index in [-0.39, 0.29) is 17.5 Å². The van der Waals surface area contributed by atoms with Crippen LogP contribution < -0.4 is 22.5 Å². The molecule has 0 unspecified atom stereocenters. The Morgan fingerprint density at radius 2 is 1.65 bits per heavy atom. The first kappa shape index (κ1) is 11.3. The van der Waals surface area contributed by atoms with Gasteiger partial charge in [0.05, 0.1) is 0 Å². The van der Waals surface area contributed by atoms with Crippen LogP contribution in [0, 0.1) is 0 Å². The van der Waals surface area contributed by atoms with Gasteiger partial charge in [0.15, 0.2) is 11.6 Å². The molecule has 0 amide bonds. The van der Waals surface area contributed by atoms with Crippen molar-refractivity contribution in [2.24, 2.45) is 0 Å². The molecule has 0 atom stereocenters. The number of nitrogens with two attached hydrogens (primary N) is 3. The quantitative estimate of drug-likeness (QED) is 0.644. The van der Waals surface area contributed by atoms with Crippen LogP contribution in [-0.2, 0) is 0 Å². The molecule has 7 N–H and O–H groups in total. The van der Waals surface area contributed by atoms with E-state index in [0.717, 1.165) is 5.69 Å². The molecule has 0 spiro atoms. The summed E-state index contributed by atoms with van der Waals surface area (Å²) in [5.41, 5.74) is 17.8. The maximum absolute atomic E-state index is 5.78. The minimum Gasteiger partial charge on any atom is -0.393 e. The highest BCUT2D eigenvalue weighted by molar-refractivity contribution is 6.30. The zero-order chi connectivity index (χ0) is 12.4. The van der Waals surface area contributed by atoms with Crippen LogP contribution in [0.2, 0.25) is 5.02 Å². The zero-order valence-corrected chi connectivity index (χ0v) is 9.57. The lowest BCUT2D eigenvalue weighted by Crippen LogP contribution is -2.08. The van der Waals surface area contributed by atoms with Crippen LogP contribution in [0.25, 0.3) is 0 Å². The third kappa shape index (κ3) is 2.48. The van der Waals surface area contributed by atoms with Crippen LogP contribution in [0.5, 0.6) is 0 Å². The molecule has 88 valence electrons. The molecule has 7 heteroatoms. The first-order valence-corrected chi connectivity index (χ1v) is 5.15. The zero-order valence-electron chi connectivity index (χ0n) is 8.81. The largest absolute Gasteiger partial charge is 0.393 e. The van der Waals surface area contributed by atoms with Crippen molar-refractivity contribution in [3.63, 3.8) is 0 Å². The molecule has 0 aliphatic heterocycles. The maximum Gasteiger partial charge on any atom is 0.224 e. The van der Waals surface area contributed by atoms with Crippen molar-refractivity contribution in [1.82, 2.24) is 9.97 Å². The second-order valence-corrected chi connectivity index (χ2v) is 3.80. The summed E-state index contributed by atoms with van der Waals surface area (Å²) in [6.07, 6.45) is 0. The van der Waals surface area contributed by atoms with Crippen molar-refractivity contribution < 1.29 is 0 Å². The first-order valence-electron chi connectivity index (χ1n) is 4.77. The Kier molecular flexibility index (Phi) is 2.88. The molecule has 0 bridgehead atoms. The fourth-order valence-corrected chi connectivity index (χ4v) is 1.40. The van der Waals surface area contributed by atoms with Crippen molar-refractivity contribution in [2.45, 2.75) is 0 Å². The Balaban J connectivity index is 2.32. The van der Waals surface area contributed by atoms with Crippen LogP contribution in [0.3, 0.4) is 0 Å². The Labute approximate surface area is 103 Å². The van der Waals surface area contributed by atoms with Crippen LogP contribution in [0.1, 0.15) is 0 Å². The van der Waals surface area contributed by atoms with E-state index in [1.165, 1.54) is 0 Å². The van der Waals surface area contributed by atoms with Crippen molar-refractivity contribution in [2.75, 3.05) is 22.5 Å². The molecule has 0 radical (unpaired) electrons. The number of hydrogen-bond acceptors (Lipinski definition) is 6. The molecule has 0 aliphatic carbocycles. The van der Waals surface area contributed by atoms with Gasteiger partial charge in [-0.1, -0.05) is 11.6 Å². The van der Waals surface area contributed by atoms with Gasteiger partial charge in [-0.05, 0) is 24.3 Å². The molecular formula is C10H11ClN6. The Hall–Kier alpha value is -2.21. The van der Waals surface area contributed by atoms with E-state index in [9.17, 15) is 0 Å². The standard InChI is InChI=1S/C10H11ClN6/c11-5-1-3-6(4-2-5)15-9-7(12)8(13)16-10(14)17-9/h1-4H,12H2,(H5,13,14,15,16,17). The Morgan fingerprint density at radius 3 is 2.29 bits per heavy atom. The van der Waals surface area contributed by atoms with Gasteiger partial charge in [-0.3, -0.25) is 0 Å². The van der Waals surface area contributed by atoms with E-state index in [2.05, 4.69) is 15.3 Å². The minimum atomic E-state index is 0.0631. The fourth-order valence-electron chi connectivity index (χ4n) is 1.27. The lowest BCUT2D eigenvalue weighted by Gasteiger charge is -2.10. The van der Waals surface area contributed by atoms with Gasteiger partial charge in [0.2, 0.25) is 5.95 Å². The van der Waals surface area contributed by atoms with Crippen molar-refractivity contribution in [1.29, 1.82) is 0 Å². The van der Waals surface area contributed by atoms with Crippen molar-refractivity contribution in [3.05, 3.63) is 29.3 Å². The van der Waals surface area contributed by atoms with Crippen molar-refractivity contribution in [3.8, 4) is 0 Å². The molecule has 1 aromatic carbocycles. The fraction of sp³-hybridized carbons (Fsp3) is 0. The average molecular weight is 251 g/mol. The van der Waals surface area contributed by atoms with Gasteiger partial charge in [0.25, 0.3) is 0 Å². The van der Waals surface area contributed by atoms with Gasteiger partial charge < -0.3 is 22.5 Å². The molecule has 0 aliphatic rings. The molecule has 0 saturated heterocycles. The highest BCUT2D eigenvalue weighted by atomic mass is 35.5. The molecule has 6 nitrogen and oxygen atoms in total. The number of benzene rings is 1. The van der Waals surface area contributed by atoms with E-state index in [1.54, 1.807) is 24.3 Å². The third-order valence-corrected chi connectivity index (χ3v) is 2.35. The molecule has 1 aromatic heterocycles. The van der Waals surface area contributed by atoms with Gasteiger partial charge in [0, 0.05) is 10.7 Å². The van der Waals surface area contributed by atoms with Gasteiger partial charge in [-0.25, -0.2) is 0 Å². The average Bonchev–Trinajstić information content (AvgIpc) is 2.28. The molecule has 2 rings (SSSR count). The summed E-state index contributed by atoms with van der Waals surface area (Å²) in [5, 5.41) is 3.63. The summed E-state index contributed by atoms with van der Waals surface area (Å²) >= 11 is 5.78. The molecular weight excluding hydrogens is 240 g/mol. The lowest BCUT2D eigenvalue weighted by molar-refractivity contribution is 1.20. The molecule has 0 fully saturated rings. The molecule has 2 aromatic rings. The number of rotatable bonds is 2. The van der Waals surface area contributed by atoms with E-state index < -0.39 is 0 Å². The van der Waals surface area contributed by atoms with E-state index >= 15 is 0 Å². The van der Waals surface area contributed by atoms with E-state index in [0.29, 0.717) is 10.8 Å². The van der Waals surface area contributed by atoms with E-state index in [4.69, 9.17) is 28.8 Å². The molecule has 1 heterocycles. The summed E-state index contributed by atoms with van der Waals surface area (Å²) in [5.74, 6) is 0.583. The highest BCUT2D eigenvalue weighted by Gasteiger charge is 2.07. The van der Waals surface area contributed by atoms with Gasteiger partial charge in [-0.15, -0.1) is 0 Å². The predicted molar refractivity (Wildman–Crippen MR) is 70.0 cm³/mol. The summed E-state index contributed by atoms with van der Waals surface area (Å²) in [4.78, 5) is 7.72. The minimum absolute atomic E-state index is 0.0631.